The van der Waals surface area contributed by atoms with Crippen LogP contribution in [0.1, 0.15) is 29.0 Å². The van der Waals surface area contributed by atoms with Crippen molar-refractivity contribution in [2.75, 3.05) is 19.6 Å². The number of aryl methyl sites for hydroxylation is 1. The van der Waals surface area contributed by atoms with E-state index >= 15 is 0 Å². The highest BCUT2D eigenvalue weighted by atomic mass is 16.2. The fourth-order valence-electron chi connectivity index (χ4n) is 4.87. The maximum absolute atomic E-state index is 13.3. The lowest BCUT2D eigenvalue weighted by Crippen LogP contribution is -2.46. The first kappa shape index (κ1) is 21.2. The molecule has 1 aromatic heterocycles. The largest absolute Gasteiger partial charge is 0.354 e. The number of para-hydroxylation sites is 2. The molecule has 2 amide bonds. The topological polar surface area (TPSA) is 67.2 Å². The SMILES string of the molecule is Cc1nc2ccccc2n1CCNC(=O)C1CCCN(C(=O)c2cccc3ccccc23)C1. The van der Waals surface area contributed by atoms with Crippen molar-refractivity contribution in [2.24, 2.45) is 5.92 Å². The molecule has 3 aromatic carbocycles. The van der Waals surface area contributed by atoms with Gasteiger partial charge in [0.15, 0.2) is 0 Å². The zero-order chi connectivity index (χ0) is 22.8. The van der Waals surface area contributed by atoms with E-state index in [0.717, 1.165) is 40.5 Å². The average molecular weight is 441 g/mol. The van der Waals surface area contributed by atoms with Crippen LogP contribution in [0, 0.1) is 12.8 Å². The Labute approximate surface area is 193 Å². The van der Waals surface area contributed by atoms with Crippen molar-refractivity contribution in [3.63, 3.8) is 0 Å². The van der Waals surface area contributed by atoms with Crippen molar-refractivity contribution < 1.29 is 9.59 Å². The van der Waals surface area contributed by atoms with Gasteiger partial charge in [0.25, 0.3) is 5.91 Å². The van der Waals surface area contributed by atoms with Crippen LogP contribution < -0.4 is 5.32 Å². The van der Waals surface area contributed by atoms with Crippen LogP contribution in [0.2, 0.25) is 0 Å². The highest BCUT2D eigenvalue weighted by Crippen LogP contribution is 2.24. The Hall–Kier alpha value is -3.67. The summed E-state index contributed by atoms with van der Waals surface area (Å²) in [5, 5.41) is 5.10. The minimum absolute atomic E-state index is 0.00445. The molecule has 1 N–H and O–H groups in total. The van der Waals surface area contributed by atoms with Crippen LogP contribution >= 0.6 is 0 Å². The van der Waals surface area contributed by atoms with Crippen molar-refractivity contribution in [1.29, 1.82) is 0 Å². The minimum Gasteiger partial charge on any atom is -0.354 e. The second-order valence-corrected chi connectivity index (χ2v) is 8.71. The molecule has 1 aliphatic heterocycles. The Kier molecular flexibility index (Phi) is 5.82. The van der Waals surface area contributed by atoms with Crippen LogP contribution in [0.25, 0.3) is 21.8 Å². The van der Waals surface area contributed by atoms with Gasteiger partial charge in [0.2, 0.25) is 5.91 Å². The molecule has 0 spiro atoms. The van der Waals surface area contributed by atoms with Crippen LogP contribution in [-0.2, 0) is 11.3 Å². The first-order valence-corrected chi connectivity index (χ1v) is 11.6. The molecule has 0 radical (unpaired) electrons. The van der Waals surface area contributed by atoms with E-state index in [1.165, 1.54) is 0 Å². The number of benzene rings is 3. The van der Waals surface area contributed by atoms with Gasteiger partial charge in [-0.25, -0.2) is 4.98 Å². The maximum atomic E-state index is 13.3. The average Bonchev–Trinajstić information content (AvgIpc) is 3.18. The maximum Gasteiger partial charge on any atom is 0.254 e. The van der Waals surface area contributed by atoms with Gasteiger partial charge in [-0.05, 0) is 48.7 Å². The summed E-state index contributed by atoms with van der Waals surface area (Å²) in [7, 11) is 0. The number of fused-ring (bicyclic) bond motifs is 2. The Morgan fingerprint density at radius 1 is 1.03 bits per heavy atom. The van der Waals surface area contributed by atoms with Crippen molar-refractivity contribution >= 4 is 33.6 Å². The number of carbonyl (C=O) groups is 2. The zero-order valence-corrected chi connectivity index (χ0v) is 18.8. The number of amides is 2. The number of imidazole rings is 1. The van der Waals surface area contributed by atoms with Gasteiger partial charge < -0.3 is 14.8 Å². The molecule has 1 fully saturated rings. The highest BCUT2D eigenvalue weighted by Gasteiger charge is 2.29. The summed E-state index contributed by atoms with van der Waals surface area (Å²) in [5.41, 5.74) is 2.75. The molecule has 1 saturated heterocycles. The van der Waals surface area contributed by atoms with E-state index in [4.69, 9.17) is 0 Å². The van der Waals surface area contributed by atoms with Gasteiger partial charge in [-0.15, -0.1) is 0 Å². The quantitative estimate of drug-likeness (QED) is 0.507. The summed E-state index contributed by atoms with van der Waals surface area (Å²) < 4.78 is 2.13. The Morgan fingerprint density at radius 2 is 1.82 bits per heavy atom. The monoisotopic (exact) mass is 440 g/mol. The predicted molar refractivity (Wildman–Crippen MR) is 130 cm³/mol. The number of hydrogen-bond acceptors (Lipinski definition) is 3. The molecule has 5 rings (SSSR count). The number of aromatic nitrogens is 2. The normalized spacial score (nSPS) is 16.3. The molecule has 1 aliphatic rings. The Balaban J connectivity index is 1.22. The number of rotatable bonds is 5. The first-order valence-electron chi connectivity index (χ1n) is 11.6. The third-order valence-corrected chi connectivity index (χ3v) is 6.58. The lowest BCUT2D eigenvalue weighted by atomic mass is 9.95. The van der Waals surface area contributed by atoms with Crippen molar-refractivity contribution in [2.45, 2.75) is 26.3 Å². The van der Waals surface area contributed by atoms with E-state index in [-0.39, 0.29) is 17.7 Å². The molecule has 0 bridgehead atoms. The number of piperidine rings is 1. The van der Waals surface area contributed by atoms with Gasteiger partial charge in [0.05, 0.1) is 17.0 Å². The van der Waals surface area contributed by atoms with Crippen LogP contribution in [0.4, 0.5) is 0 Å². The van der Waals surface area contributed by atoms with E-state index < -0.39 is 0 Å². The molecule has 6 heteroatoms. The summed E-state index contributed by atoms with van der Waals surface area (Å²) >= 11 is 0. The molecule has 1 atom stereocenters. The first-order chi connectivity index (χ1) is 16.1. The van der Waals surface area contributed by atoms with E-state index in [1.807, 2.05) is 72.5 Å². The van der Waals surface area contributed by atoms with Crippen molar-refractivity contribution in [3.05, 3.63) is 78.1 Å². The number of hydrogen-bond donors (Lipinski definition) is 1. The highest BCUT2D eigenvalue weighted by molar-refractivity contribution is 6.07. The van der Waals surface area contributed by atoms with Gasteiger partial charge >= 0.3 is 0 Å². The summed E-state index contributed by atoms with van der Waals surface area (Å²) in [6.07, 6.45) is 1.64. The van der Waals surface area contributed by atoms with Crippen molar-refractivity contribution in [3.8, 4) is 0 Å². The van der Waals surface area contributed by atoms with Gasteiger partial charge in [-0.3, -0.25) is 9.59 Å². The molecule has 33 heavy (non-hydrogen) atoms. The number of carbonyl (C=O) groups excluding carboxylic acids is 2. The van der Waals surface area contributed by atoms with Crippen molar-refractivity contribution in [1.82, 2.24) is 19.8 Å². The standard InChI is InChI=1S/C27H28N4O2/c1-19-29-24-13-4-5-14-25(24)31(19)17-15-28-26(32)21-10-7-16-30(18-21)27(33)23-12-6-9-20-8-2-3-11-22(20)23/h2-6,8-9,11-14,21H,7,10,15-18H2,1H3,(H,28,32). The number of nitrogens with zero attached hydrogens (tertiary/aromatic N) is 3. The summed E-state index contributed by atoms with van der Waals surface area (Å²) in [4.78, 5) is 32.6. The molecule has 168 valence electrons. The number of nitrogens with one attached hydrogen (secondary N) is 1. The van der Waals surface area contributed by atoms with E-state index in [2.05, 4.69) is 20.9 Å². The lowest BCUT2D eigenvalue weighted by molar-refractivity contribution is -0.126. The summed E-state index contributed by atoms with van der Waals surface area (Å²) in [5.74, 6) is 0.783. The Bertz CT molecular complexity index is 1320. The minimum atomic E-state index is -0.182. The number of likely N-dealkylation sites (tertiary alicyclic amines) is 1. The fourth-order valence-corrected chi connectivity index (χ4v) is 4.87. The van der Waals surface area contributed by atoms with E-state index in [9.17, 15) is 9.59 Å². The van der Waals surface area contributed by atoms with Gasteiger partial charge in [-0.1, -0.05) is 48.5 Å². The van der Waals surface area contributed by atoms with E-state index in [0.29, 0.717) is 31.7 Å². The third kappa shape index (κ3) is 4.21. The van der Waals surface area contributed by atoms with Crippen LogP contribution in [0.5, 0.6) is 0 Å². The fraction of sp³-hybridized carbons (Fsp3) is 0.296. The molecule has 0 saturated carbocycles. The smallest absolute Gasteiger partial charge is 0.254 e. The van der Waals surface area contributed by atoms with Crippen LogP contribution in [0.15, 0.2) is 66.7 Å². The van der Waals surface area contributed by atoms with Crippen LogP contribution in [0.3, 0.4) is 0 Å². The van der Waals surface area contributed by atoms with Crippen LogP contribution in [-0.4, -0.2) is 45.9 Å². The van der Waals surface area contributed by atoms with E-state index in [1.54, 1.807) is 0 Å². The molecule has 0 aliphatic carbocycles. The second kappa shape index (κ2) is 9.06. The molecular weight excluding hydrogens is 412 g/mol. The summed E-state index contributed by atoms with van der Waals surface area (Å²) in [6, 6.07) is 21.8. The molecular formula is C27H28N4O2. The second-order valence-electron chi connectivity index (χ2n) is 8.71. The molecule has 4 aromatic rings. The van der Waals surface area contributed by atoms with Gasteiger partial charge in [-0.2, -0.15) is 0 Å². The zero-order valence-electron chi connectivity index (χ0n) is 18.8. The third-order valence-electron chi connectivity index (χ3n) is 6.58. The van der Waals surface area contributed by atoms with Gasteiger partial charge in [0, 0.05) is 31.7 Å². The predicted octanol–water partition coefficient (Wildman–Crippen LogP) is 4.17. The molecule has 1 unspecified atom stereocenters. The summed E-state index contributed by atoms with van der Waals surface area (Å²) in [6.45, 7) is 4.34. The lowest BCUT2D eigenvalue weighted by Gasteiger charge is -2.32. The molecule has 6 nitrogen and oxygen atoms in total. The van der Waals surface area contributed by atoms with Gasteiger partial charge in [0.1, 0.15) is 5.82 Å². The Morgan fingerprint density at radius 3 is 2.73 bits per heavy atom. The molecule has 2 heterocycles.